The quantitative estimate of drug-likeness (QED) is 0.495. The number of nitrogens with one attached hydrogen (secondary N) is 2. The third-order valence-corrected chi connectivity index (χ3v) is 6.41. The molecule has 0 aliphatic rings. The van der Waals surface area contributed by atoms with Gasteiger partial charge in [0.05, 0.1) is 17.7 Å². The zero-order chi connectivity index (χ0) is 23.1. The molecule has 168 valence electrons. The molecule has 0 saturated heterocycles. The topological polar surface area (TPSA) is 87.7 Å². The van der Waals surface area contributed by atoms with Crippen molar-refractivity contribution in [2.45, 2.75) is 18.7 Å². The van der Waals surface area contributed by atoms with Crippen LogP contribution in [0.2, 0.25) is 0 Å². The van der Waals surface area contributed by atoms with Gasteiger partial charge >= 0.3 is 0 Å². The van der Waals surface area contributed by atoms with Crippen molar-refractivity contribution in [1.82, 2.24) is 0 Å². The average molecular weight is 454 g/mol. The van der Waals surface area contributed by atoms with E-state index in [1.807, 2.05) is 24.3 Å². The number of ether oxygens (including phenoxy) is 1. The minimum absolute atomic E-state index is 0.0449. The molecule has 0 bridgehead atoms. The van der Waals surface area contributed by atoms with Gasteiger partial charge < -0.3 is 15.0 Å². The maximum Gasteiger partial charge on any atom is 0.262 e. The fraction of sp³-hybridized carbons (Fsp3) is 0.208. The minimum atomic E-state index is -3.83. The summed E-state index contributed by atoms with van der Waals surface area (Å²) in [7, 11) is -2.36. The molecule has 0 aromatic heterocycles. The molecule has 1 amide bonds. The van der Waals surface area contributed by atoms with Gasteiger partial charge in [0, 0.05) is 30.0 Å². The maximum atomic E-state index is 12.7. The van der Waals surface area contributed by atoms with Crippen LogP contribution in [0.5, 0.6) is 5.75 Å². The molecule has 0 unspecified atom stereocenters. The molecule has 0 fully saturated rings. The first-order chi connectivity index (χ1) is 15.4. The number of hydrogen-bond donors (Lipinski definition) is 2. The van der Waals surface area contributed by atoms with Crippen molar-refractivity contribution in [2.75, 3.05) is 35.1 Å². The molecular formula is C24H27N3O4S. The molecule has 8 heteroatoms. The number of nitrogens with zero attached hydrogens (tertiary/aromatic N) is 1. The zero-order valence-corrected chi connectivity index (χ0v) is 19.1. The van der Waals surface area contributed by atoms with Crippen LogP contribution in [0.15, 0.2) is 77.7 Å². The summed E-state index contributed by atoms with van der Waals surface area (Å²) in [6.07, 6.45) is 0. The largest absolute Gasteiger partial charge is 0.495 e. The highest BCUT2D eigenvalue weighted by Gasteiger charge is 2.17. The number of carbonyl (C=O) groups excluding carboxylic acids is 1. The van der Waals surface area contributed by atoms with Crippen molar-refractivity contribution in [1.29, 1.82) is 0 Å². The van der Waals surface area contributed by atoms with E-state index in [2.05, 4.69) is 28.8 Å². The van der Waals surface area contributed by atoms with Gasteiger partial charge in [-0.2, -0.15) is 0 Å². The molecule has 32 heavy (non-hydrogen) atoms. The molecular weight excluding hydrogens is 426 g/mol. The van der Waals surface area contributed by atoms with Gasteiger partial charge in [0.2, 0.25) is 0 Å². The standard InChI is InChI=1S/C24H27N3O4S/c1-4-27(5-2)20-14-12-19(13-15-20)25-24(28)18-10-16-21(17-11-18)32(29,30)26-22-8-6-7-9-23(22)31-3/h6-17,26H,4-5H2,1-3H3,(H,25,28). The summed E-state index contributed by atoms with van der Waals surface area (Å²) in [5.41, 5.74) is 2.45. The van der Waals surface area contributed by atoms with Crippen molar-refractivity contribution < 1.29 is 17.9 Å². The van der Waals surface area contributed by atoms with E-state index in [1.165, 1.54) is 31.4 Å². The summed E-state index contributed by atoms with van der Waals surface area (Å²) in [4.78, 5) is 14.8. The highest BCUT2D eigenvalue weighted by Crippen LogP contribution is 2.26. The number of sulfonamides is 1. The summed E-state index contributed by atoms with van der Waals surface area (Å²) in [5.74, 6) is 0.0984. The zero-order valence-electron chi connectivity index (χ0n) is 18.3. The van der Waals surface area contributed by atoms with Crippen molar-refractivity contribution in [3.8, 4) is 5.75 Å². The molecule has 0 radical (unpaired) electrons. The molecule has 0 spiro atoms. The van der Waals surface area contributed by atoms with Gasteiger partial charge in [0.15, 0.2) is 0 Å². The summed E-state index contributed by atoms with van der Waals surface area (Å²) in [6.45, 7) is 6.00. The Morgan fingerprint density at radius 3 is 2.12 bits per heavy atom. The maximum absolute atomic E-state index is 12.7. The molecule has 7 nitrogen and oxygen atoms in total. The third kappa shape index (κ3) is 5.39. The lowest BCUT2D eigenvalue weighted by Crippen LogP contribution is -2.21. The van der Waals surface area contributed by atoms with E-state index in [9.17, 15) is 13.2 Å². The van der Waals surface area contributed by atoms with Gasteiger partial charge in [-0.3, -0.25) is 9.52 Å². The summed E-state index contributed by atoms with van der Waals surface area (Å²) in [6, 6.07) is 20.1. The number of para-hydroxylation sites is 2. The number of hydrogen-bond acceptors (Lipinski definition) is 5. The number of benzene rings is 3. The summed E-state index contributed by atoms with van der Waals surface area (Å²) in [5, 5.41) is 2.83. The Morgan fingerprint density at radius 1 is 0.906 bits per heavy atom. The number of rotatable bonds is 9. The lowest BCUT2D eigenvalue weighted by Gasteiger charge is -2.21. The van der Waals surface area contributed by atoms with Crippen molar-refractivity contribution in [3.63, 3.8) is 0 Å². The fourth-order valence-electron chi connectivity index (χ4n) is 3.27. The predicted octanol–water partition coefficient (Wildman–Crippen LogP) is 4.59. The van der Waals surface area contributed by atoms with Crippen molar-refractivity contribution in [2.24, 2.45) is 0 Å². The van der Waals surface area contributed by atoms with E-state index >= 15 is 0 Å². The number of methoxy groups -OCH3 is 1. The highest BCUT2D eigenvalue weighted by molar-refractivity contribution is 7.92. The van der Waals surface area contributed by atoms with Crippen LogP contribution in [0, 0.1) is 0 Å². The van der Waals surface area contributed by atoms with Crippen molar-refractivity contribution >= 4 is 33.0 Å². The molecule has 0 atom stereocenters. The molecule has 3 rings (SSSR count). The van der Waals surface area contributed by atoms with E-state index < -0.39 is 10.0 Å². The van der Waals surface area contributed by atoms with Crippen LogP contribution in [0.1, 0.15) is 24.2 Å². The molecule has 3 aromatic rings. The number of carbonyl (C=O) groups is 1. The monoisotopic (exact) mass is 453 g/mol. The van der Waals surface area contributed by atoms with Gasteiger partial charge in [0.25, 0.3) is 15.9 Å². The summed E-state index contributed by atoms with van der Waals surface area (Å²) >= 11 is 0. The second kappa shape index (κ2) is 10.2. The molecule has 2 N–H and O–H groups in total. The van der Waals surface area contributed by atoms with Gasteiger partial charge in [-0.25, -0.2) is 8.42 Å². The molecule has 0 saturated carbocycles. The fourth-order valence-corrected chi connectivity index (χ4v) is 4.34. The van der Waals surface area contributed by atoms with Crippen LogP contribution in [-0.2, 0) is 10.0 Å². The second-order valence-corrected chi connectivity index (χ2v) is 8.69. The number of amides is 1. The Bertz CT molecular complexity index is 1160. The summed E-state index contributed by atoms with van der Waals surface area (Å²) < 4.78 is 33.1. The van der Waals surface area contributed by atoms with Crippen LogP contribution >= 0.6 is 0 Å². The van der Waals surface area contributed by atoms with E-state index in [4.69, 9.17) is 4.74 Å². The van der Waals surface area contributed by atoms with Crippen molar-refractivity contribution in [3.05, 3.63) is 78.4 Å². The van der Waals surface area contributed by atoms with Gasteiger partial charge in [0.1, 0.15) is 5.75 Å². The first kappa shape index (κ1) is 23.1. The van der Waals surface area contributed by atoms with E-state index in [1.54, 1.807) is 24.3 Å². The minimum Gasteiger partial charge on any atom is -0.495 e. The van der Waals surface area contributed by atoms with Crippen LogP contribution in [0.25, 0.3) is 0 Å². The molecule has 0 aliphatic heterocycles. The first-order valence-corrected chi connectivity index (χ1v) is 11.8. The third-order valence-electron chi connectivity index (χ3n) is 5.03. The molecule has 3 aromatic carbocycles. The van der Waals surface area contributed by atoms with Crippen LogP contribution < -0.4 is 19.7 Å². The van der Waals surface area contributed by atoms with Gasteiger partial charge in [-0.05, 0) is 74.5 Å². The lowest BCUT2D eigenvalue weighted by atomic mass is 10.2. The first-order valence-electron chi connectivity index (χ1n) is 10.3. The second-order valence-electron chi connectivity index (χ2n) is 7.00. The Labute approximate surface area is 189 Å². The van der Waals surface area contributed by atoms with E-state index in [0.29, 0.717) is 22.7 Å². The van der Waals surface area contributed by atoms with Crippen LogP contribution in [0.3, 0.4) is 0 Å². The van der Waals surface area contributed by atoms with Gasteiger partial charge in [-0.15, -0.1) is 0 Å². The smallest absolute Gasteiger partial charge is 0.262 e. The average Bonchev–Trinajstić information content (AvgIpc) is 2.81. The Kier molecular flexibility index (Phi) is 7.37. The Morgan fingerprint density at radius 2 is 1.53 bits per heavy atom. The number of anilines is 3. The molecule has 0 heterocycles. The Hall–Kier alpha value is -3.52. The molecule has 0 aliphatic carbocycles. The van der Waals surface area contributed by atoms with Crippen LogP contribution in [0.4, 0.5) is 17.1 Å². The van der Waals surface area contributed by atoms with E-state index in [0.717, 1.165) is 18.8 Å². The SMILES string of the molecule is CCN(CC)c1ccc(NC(=O)c2ccc(S(=O)(=O)Nc3ccccc3OC)cc2)cc1. The Balaban J connectivity index is 1.70. The lowest BCUT2D eigenvalue weighted by molar-refractivity contribution is 0.102. The predicted molar refractivity (Wildman–Crippen MR) is 128 cm³/mol. The normalized spacial score (nSPS) is 11.0. The van der Waals surface area contributed by atoms with Gasteiger partial charge in [-0.1, -0.05) is 12.1 Å². The van der Waals surface area contributed by atoms with Crippen LogP contribution in [-0.4, -0.2) is 34.5 Å². The highest BCUT2D eigenvalue weighted by atomic mass is 32.2. The van der Waals surface area contributed by atoms with E-state index in [-0.39, 0.29) is 10.8 Å².